The molecule has 1 saturated carbocycles. The summed E-state index contributed by atoms with van der Waals surface area (Å²) in [5.74, 6) is 0.322. The summed E-state index contributed by atoms with van der Waals surface area (Å²) in [6.45, 7) is 6.38. The lowest BCUT2D eigenvalue weighted by Gasteiger charge is -2.12. The Morgan fingerprint density at radius 2 is 1.89 bits per heavy atom. The van der Waals surface area contributed by atoms with E-state index in [0.717, 1.165) is 12.1 Å². The van der Waals surface area contributed by atoms with Crippen LogP contribution in [0.1, 0.15) is 38.8 Å². The van der Waals surface area contributed by atoms with E-state index in [4.69, 9.17) is 0 Å². The summed E-state index contributed by atoms with van der Waals surface area (Å²) in [5, 5.41) is 6.18. The predicted octanol–water partition coefficient (Wildman–Crippen LogP) is 2.95. The van der Waals surface area contributed by atoms with Crippen molar-refractivity contribution in [2.24, 2.45) is 11.3 Å². The van der Waals surface area contributed by atoms with Crippen LogP contribution in [0.15, 0.2) is 24.3 Å². The average molecular weight is 246 g/mol. The molecule has 18 heavy (non-hydrogen) atoms. The molecule has 1 aromatic carbocycles. The first-order valence-electron chi connectivity index (χ1n) is 6.52. The van der Waals surface area contributed by atoms with E-state index >= 15 is 0 Å². The Morgan fingerprint density at radius 3 is 2.33 bits per heavy atom. The summed E-state index contributed by atoms with van der Waals surface area (Å²) in [4.78, 5) is 11.9. The minimum atomic E-state index is 0.148. The van der Waals surface area contributed by atoms with Crippen molar-refractivity contribution < 1.29 is 4.79 Å². The summed E-state index contributed by atoms with van der Waals surface area (Å²) in [6, 6.07) is 8.37. The molecular formula is C15H22N2O. The molecule has 0 spiro atoms. The van der Waals surface area contributed by atoms with Gasteiger partial charge in [0.25, 0.3) is 0 Å². The smallest absolute Gasteiger partial charge is 0.228 e. The number of carbonyl (C=O) groups is 1. The summed E-state index contributed by atoms with van der Waals surface area (Å²) < 4.78 is 0. The Kier molecular flexibility index (Phi) is 3.44. The average Bonchev–Trinajstić information content (AvgIpc) is 2.98. The predicted molar refractivity (Wildman–Crippen MR) is 74.4 cm³/mol. The second-order valence-electron chi connectivity index (χ2n) is 5.87. The number of nitrogens with one attached hydrogen (secondary N) is 2. The van der Waals surface area contributed by atoms with Crippen molar-refractivity contribution in [1.29, 1.82) is 0 Å². The number of anilines is 1. The highest BCUT2D eigenvalue weighted by atomic mass is 16.2. The summed E-state index contributed by atoms with van der Waals surface area (Å²) in [6.07, 6.45) is 0.994. The van der Waals surface area contributed by atoms with Crippen LogP contribution in [-0.4, -0.2) is 13.0 Å². The number of carbonyl (C=O) groups excluding carboxylic acids is 1. The van der Waals surface area contributed by atoms with Crippen molar-refractivity contribution in [2.75, 3.05) is 12.4 Å². The van der Waals surface area contributed by atoms with Gasteiger partial charge in [0.15, 0.2) is 0 Å². The van der Waals surface area contributed by atoms with Crippen LogP contribution >= 0.6 is 0 Å². The van der Waals surface area contributed by atoms with Gasteiger partial charge in [0, 0.05) is 17.6 Å². The van der Waals surface area contributed by atoms with Crippen molar-refractivity contribution in [3.05, 3.63) is 29.8 Å². The van der Waals surface area contributed by atoms with Gasteiger partial charge in [-0.1, -0.05) is 26.0 Å². The molecule has 3 nitrogen and oxygen atoms in total. The van der Waals surface area contributed by atoms with E-state index in [1.165, 1.54) is 5.56 Å². The zero-order chi connectivity index (χ0) is 13.3. The summed E-state index contributed by atoms with van der Waals surface area (Å²) >= 11 is 0. The second-order valence-corrected chi connectivity index (χ2v) is 5.87. The van der Waals surface area contributed by atoms with Gasteiger partial charge in [0.2, 0.25) is 5.91 Å². The van der Waals surface area contributed by atoms with Gasteiger partial charge in [-0.15, -0.1) is 0 Å². The highest BCUT2D eigenvalue weighted by molar-refractivity contribution is 5.94. The largest absolute Gasteiger partial charge is 0.326 e. The Morgan fingerprint density at radius 1 is 1.33 bits per heavy atom. The number of hydrogen-bond acceptors (Lipinski definition) is 2. The van der Waals surface area contributed by atoms with Gasteiger partial charge in [-0.2, -0.15) is 0 Å². The Bertz CT molecular complexity index is 436. The maximum Gasteiger partial charge on any atom is 0.228 e. The molecule has 0 radical (unpaired) electrons. The van der Waals surface area contributed by atoms with Crippen LogP contribution < -0.4 is 10.6 Å². The fraction of sp³-hybridized carbons (Fsp3) is 0.533. The first-order valence-corrected chi connectivity index (χ1v) is 6.52. The Balaban J connectivity index is 1.97. The molecule has 0 aliphatic heterocycles. The maximum absolute atomic E-state index is 11.9. The molecule has 2 N–H and O–H groups in total. The summed E-state index contributed by atoms with van der Waals surface area (Å²) in [5.41, 5.74) is 2.29. The van der Waals surface area contributed by atoms with Crippen LogP contribution in [0.4, 0.5) is 5.69 Å². The molecule has 0 saturated heterocycles. The van der Waals surface area contributed by atoms with Crippen LogP contribution in [0, 0.1) is 11.3 Å². The van der Waals surface area contributed by atoms with E-state index in [2.05, 4.69) is 43.5 Å². The van der Waals surface area contributed by atoms with E-state index in [0.29, 0.717) is 6.04 Å². The van der Waals surface area contributed by atoms with E-state index in [-0.39, 0.29) is 17.2 Å². The Labute approximate surface area is 109 Å². The minimum absolute atomic E-state index is 0.148. The molecule has 1 aliphatic rings. The van der Waals surface area contributed by atoms with Crippen molar-refractivity contribution in [3.63, 3.8) is 0 Å². The summed E-state index contributed by atoms with van der Waals surface area (Å²) in [7, 11) is 1.94. The van der Waals surface area contributed by atoms with Crippen molar-refractivity contribution in [3.8, 4) is 0 Å². The molecule has 0 heterocycles. The lowest BCUT2D eigenvalue weighted by atomic mass is 10.1. The standard InChI is InChI=1S/C15H22N2O/c1-10(16-4)11-5-7-12(8-6-11)17-14(18)13-9-15(13,2)3/h5-8,10,13,16H,9H2,1-4H3,(H,17,18). The topological polar surface area (TPSA) is 41.1 Å². The third-order valence-electron chi connectivity index (χ3n) is 3.94. The molecule has 0 aromatic heterocycles. The zero-order valence-electron chi connectivity index (χ0n) is 11.6. The van der Waals surface area contributed by atoms with Gasteiger partial charge in [0.05, 0.1) is 0 Å². The van der Waals surface area contributed by atoms with Crippen molar-refractivity contribution in [2.45, 2.75) is 33.2 Å². The van der Waals surface area contributed by atoms with Crippen LogP contribution in [0.5, 0.6) is 0 Å². The van der Waals surface area contributed by atoms with Gasteiger partial charge in [-0.05, 0) is 43.5 Å². The van der Waals surface area contributed by atoms with Gasteiger partial charge in [-0.3, -0.25) is 4.79 Å². The van der Waals surface area contributed by atoms with Crippen molar-refractivity contribution >= 4 is 11.6 Å². The molecule has 1 fully saturated rings. The number of amides is 1. The quantitative estimate of drug-likeness (QED) is 0.857. The first-order chi connectivity index (χ1) is 8.44. The molecule has 0 bridgehead atoms. The third kappa shape index (κ3) is 2.72. The number of benzene rings is 1. The number of hydrogen-bond donors (Lipinski definition) is 2. The van der Waals surface area contributed by atoms with E-state index < -0.39 is 0 Å². The molecule has 2 rings (SSSR count). The second kappa shape index (κ2) is 4.73. The molecule has 2 unspecified atom stereocenters. The molecule has 98 valence electrons. The molecular weight excluding hydrogens is 224 g/mol. The molecule has 1 aliphatic carbocycles. The molecule has 1 aromatic rings. The molecule has 1 amide bonds. The van der Waals surface area contributed by atoms with E-state index in [1.807, 2.05) is 19.2 Å². The lowest BCUT2D eigenvalue weighted by Crippen LogP contribution is -2.17. The highest BCUT2D eigenvalue weighted by Gasteiger charge is 2.50. The van der Waals surface area contributed by atoms with Crippen LogP contribution in [0.25, 0.3) is 0 Å². The van der Waals surface area contributed by atoms with Gasteiger partial charge in [-0.25, -0.2) is 0 Å². The highest BCUT2D eigenvalue weighted by Crippen LogP contribution is 2.51. The SMILES string of the molecule is CNC(C)c1ccc(NC(=O)C2CC2(C)C)cc1. The van der Waals surface area contributed by atoms with E-state index in [9.17, 15) is 4.79 Å². The van der Waals surface area contributed by atoms with E-state index in [1.54, 1.807) is 0 Å². The van der Waals surface area contributed by atoms with Gasteiger partial charge in [0.1, 0.15) is 0 Å². The fourth-order valence-electron chi connectivity index (χ4n) is 2.17. The fourth-order valence-corrected chi connectivity index (χ4v) is 2.17. The molecule has 2 atom stereocenters. The monoisotopic (exact) mass is 246 g/mol. The lowest BCUT2D eigenvalue weighted by molar-refractivity contribution is -0.117. The number of rotatable bonds is 4. The normalized spacial score (nSPS) is 22.3. The molecule has 3 heteroatoms. The van der Waals surface area contributed by atoms with Crippen LogP contribution in [0.2, 0.25) is 0 Å². The third-order valence-corrected chi connectivity index (χ3v) is 3.94. The maximum atomic E-state index is 11.9. The van der Waals surface area contributed by atoms with Gasteiger partial charge < -0.3 is 10.6 Å². The zero-order valence-corrected chi connectivity index (χ0v) is 11.6. The minimum Gasteiger partial charge on any atom is -0.326 e. The van der Waals surface area contributed by atoms with Crippen LogP contribution in [-0.2, 0) is 4.79 Å². The van der Waals surface area contributed by atoms with Crippen molar-refractivity contribution in [1.82, 2.24) is 5.32 Å². The van der Waals surface area contributed by atoms with Crippen LogP contribution in [0.3, 0.4) is 0 Å². The van der Waals surface area contributed by atoms with Gasteiger partial charge >= 0.3 is 0 Å². The first kappa shape index (κ1) is 13.1. The Hall–Kier alpha value is -1.35.